The van der Waals surface area contributed by atoms with Gasteiger partial charge >= 0.3 is 0 Å². The Morgan fingerprint density at radius 2 is 2.12 bits per heavy atom. The highest BCUT2D eigenvalue weighted by Crippen LogP contribution is 2.11. The lowest BCUT2D eigenvalue weighted by molar-refractivity contribution is 0.00479. The standard InChI is InChI=1S/C12H27NO3/c1-5-13-12(3,10-14)7-6-8-16-11(2)9-15-4/h11,13-14H,5-10H2,1-4H3. The highest BCUT2D eigenvalue weighted by Gasteiger charge is 2.20. The Bertz CT molecular complexity index is 166. The van der Waals surface area contributed by atoms with Crippen molar-refractivity contribution in [2.45, 2.75) is 45.3 Å². The number of hydrogen-bond donors (Lipinski definition) is 2. The molecule has 0 rings (SSSR count). The summed E-state index contributed by atoms with van der Waals surface area (Å²) < 4.78 is 10.5. The van der Waals surface area contributed by atoms with E-state index in [1.807, 2.05) is 20.8 Å². The van der Waals surface area contributed by atoms with Crippen LogP contribution in [0.15, 0.2) is 0 Å². The first-order valence-corrected chi connectivity index (χ1v) is 6.04. The zero-order valence-electron chi connectivity index (χ0n) is 11.1. The molecule has 0 amide bonds. The number of aliphatic hydroxyl groups excluding tert-OH is 1. The molecule has 2 atom stereocenters. The SMILES string of the molecule is CCNC(C)(CO)CCCOC(C)COC. The van der Waals surface area contributed by atoms with Crippen molar-refractivity contribution in [1.82, 2.24) is 5.32 Å². The van der Waals surface area contributed by atoms with E-state index in [9.17, 15) is 5.11 Å². The molecule has 0 aliphatic rings. The minimum absolute atomic E-state index is 0.143. The molecule has 0 heterocycles. The fourth-order valence-corrected chi connectivity index (χ4v) is 1.68. The second-order valence-electron chi connectivity index (χ2n) is 4.49. The van der Waals surface area contributed by atoms with Crippen LogP contribution >= 0.6 is 0 Å². The molecular formula is C12H27NO3. The predicted octanol–water partition coefficient (Wildman–Crippen LogP) is 1.18. The van der Waals surface area contributed by atoms with E-state index >= 15 is 0 Å². The largest absolute Gasteiger partial charge is 0.394 e. The smallest absolute Gasteiger partial charge is 0.0780 e. The van der Waals surface area contributed by atoms with Crippen molar-refractivity contribution in [3.8, 4) is 0 Å². The predicted molar refractivity (Wildman–Crippen MR) is 65.7 cm³/mol. The molecule has 2 unspecified atom stereocenters. The van der Waals surface area contributed by atoms with Gasteiger partial charge < -0.3 is 19.9 Å². The van der Waals surface area contributed by atoms with Gasteiger partial charge in [-0.05, 0) is 33.2 Å². The lowest BCUT2D eigenvalue weighted by Gasteiger charge is -2.28. The normalized spacial score (nSPS) is 17.1. The zero-order chi connectivity index (χ0) is 12.4. The van der Waals surface area contributed by atoms with Gasteiger partial charge in [0.2, 0.25) is 0 Å². The molecule has 4 heteroatoms. The number of aliphatic hydroxyl groups is 1. The van der Waals surface area contributed by atoms with E-state index in [2.05, 4.69) is 5.32 Å². The Labute approximate surface area is 99.3 Å². The number of likely N-dealkylation sites (N-methyl/N-ethyl adjacent to an activating group) is 1. The van der Waals surface area contributed by atoms with E-state index in [0.717, 1.165) is 19.4 Å². The average molecular weight is 233 g/mol. The summed E-state index contributed by atoms with van der Waals surface area (Å²) in [6, 6.07) is 0. The quantitative estimate of drug-likeness (QED) is 0.556. The number of hydrogen-bond acceptors (Lipinski definition) is 4. The van der Waals surface area contributed by atoms with Gasteiger partial charge in [0.05, 0.1) is 19.3 Å². The van der Waals surface area contributed by atoms with Crippen molar-refractivity contribution >= 4 is 0 Å². The number of rotatable bonds is 10. The number of nitrogens with one attached hydrogen (secondary N) is 1. The molecule has 2 N–H and O–H groups in total. The minimum atomic E-state index is -0.178. The molecule has 98 valence electrons. The van der Waals surface area contributed by atoms with Crippen LogP contribution in [0, 0.1) is 0 Å². The van der Waals surface area contributed by atoms with Crippen LogP contribution in [-0.2, 0) is 9.47 Å². The molecule has 16 heavy (non-hydrogen) atoms. The molecule has 0 saturated heterocycles. The Balaban J connectivity index is 3.62. The van der Waals surface area contributed by atoms with Gasteiger partial charge in [-0.25, -0.2) is 0 Å². The maximum absolute atomic E-state index is 9.29. The minimum Gasteiger partial charge on any atom is -0.394 e. The van der Waals surface area contributed by atoms with Gasteiger partial charge in [0, 0.05) is 19.3 Å². The molecule has 0 aromatic carbocycles. The Morgan fingerprint density at radius 3 is 2.62 bits per heavy atom. The van der Waals surface area contributed by atoms with E-state index < -0.39 is 0 Å². The summed E-state index contributed by atoms with van der Waals surface area (Å²) in [7, 11) is 1.67. The number of methoxy groups -OCH3 is 1. The molecule has 0 aliphatic carbocycles. The van der Waals surface area contributed by atoms with Crippen molar-refractivity contribution in [2.75, 3.05) is 33.5 Å². The lowest BCUT2D eigenvalue weighted by atomic mass is 9.97. The molecule has 0 saturated carbocycles. The first-order chi connectivity index (χ1) is 7.58. The van der Waals surface area contributed by atoms with Crippen LogP contribution in [0.25, 0.3) is 0 Å². The Hall–Kier alpha value is -0.160. The van der Waals surface area contributed by atoms with Gasteiger partial charge in [0.1, 0.15) is 0 Å². The maximum atomic E-state index is 9.29. The third-order valence-electron chi connectivity index (χ3n) is 2.63. The van der Waals surface area contributed by atoms with Crippen LogP contribution < -0.4 is 5.32 Å². The highest BCUT2D eigenvalue weighted by atomic mass is 16.5. The molecule has 4 nitrogen and oxygen atoms in total. The van der Waals surface area contributed by atoms with E-state index in [0.29, 0.717) is 13.2 Å². The van der Waals surface area contributed by atoms with Crippen LogP contribution in [0.5, 0.6) is 0 Å². The van der Waals surface area contributed by atoms with E-state index in [1.165, 1.54) is 0 Å². The first-order valence-electron chi connectivity index (χ1n) is 6.04. The van der Waals surface area contributed by atoms with Gasteiger partial charge in [-0.3, -0.25) is 0 Å². The fraction of sp³-hybridized carbons (Fsp3) is 1.00. The summed E-state index contributed by atoms with van der Waals surface area (Å²) in [4.78, 5) is 0. The zero-order valence-corrected chi connectivity index (χ0v) is 11.1. The first kappa shape index (κ1) is 15.8. The third-order valence-corrected chi connectivity index (χ3v) is 2.63. The highest BCUT2D eigenvalue weighted by molar-refractivity contribution is 4.81. The Kier molecular flexibility index (Phi) is 8.84. The molecule has 0 spiro atoms. The molecule has 0 aliphatic heterocycles. The van der Waals surface area contributed by atoms with E-state index in [4.69, 9.17) is 9.47 Å². The Morgan fingerprint density at radius 1 is 1.44 bits per heavy atom. The monoisotopic (exact) mass is 233 g/mol. The number of ether oxygens (including phenoxy) is 2. The van der Waals surface area contributed by atoms with Gasteiger partial charge in [-0.15, -0.1) is 0 Å². The van der Waals surface area contributed by atoms with Crippen LogP contribution in [0.3, 0.4) is 0 Å². The molecule has 0 bridgehead atoms. The van der Waals surface area contributed by atoms with Crippen molar-refractivity contribution in [1.29, 1.82) is 0 Å². The second kappa shape index (κ2) is 8.93. The molecule has 0 fully saturated rings. The summed E-state index contributed by atoms with van der Waals surface area (Å²) >= 11 is 0. The fourth-order valence-electron chi connectivity index (χ4n) is 1.68. The van der Waals surface area contributed by atoms with Gasteiger partial charge in [-0.2, -0.15) is 0 Å². The van der Waals surface area contributed by atoms with Crippen LogP contribution in [0.2, 0.25) is 0 Å². The summed E-state index contributed by atoms with van der Waals surface area (Å²) in [6.07, 6.45) is 2.00. The molecule has 0 radical (unpaired) electrons. The van der Waals surface area contributed by atoms with Crippen LogP contribution in [0.1, 0.15) is 33.6 Å². The van der Waals surface area contributed by atoms with Crippen molar-refractivity contribution in [3.63, 3.8) is 0 Å². The summed E-state index contributed by atoms with van der Waals surface area (Å²) in [5.74, 6) is 0. The van der Waals surface area contributed by atoms with E-state index in [1.54, 1.807) is 7.11 Å². The maximum Gasteiger partial charge on any atom is 0.0780 e. The van der Waals surface area contributed by atoms with Crippen molar-refractivity contribution < 1.29 is 14.6 Å². The second-order valence-corrected chi connectivity index (χ2v) is 4.49. The summed E-state index contributed by atoms with van der Waals surface area (Å²) in [6.45, 7) is 8.46. The lowest BCUT2D eigenvalue weighted by Crippen LogP contribution is -2.45. The average Bonchev–Trinajstić information content (AvgIpc) is 2.25. The topological polar surface area (TPSA) is 50.7 Å². The molecule has 0 aromatic heterocycles. The van der Waals surface area contributed by atoms with Crippen molar-refractivity contribution in [3.05, 3.63) is 0 Å². The summed E-state index contributed by atoms with van der Waals surface area (Å²) in [5, 5.41) is 12.6. The van der Waals surface area contributed by atoms with Crippen molar-refractivity contribution in [2.24, 2.45) is 0 Å². The van der Waals surface area contributed by atoms with Gasteiger partial charge in [0.25, 0.3) is 0 Å². The third kappa shape index (κ3) is 7.17. The van der Waals surface area contributed by atoms with E-state index in [-0.39, 0.29) is 18.2 Å². The van der Waals surface area contributed by atoms with Crippen LogP contribution in [-0.4, -0.2) is 50.2 Å². The summed E-state index contributed by atoms with van der Waals surface area (Å²) in [5.41, 5.74) is -0.178. The van der Waals surface area contributed by atoms with Gasteiger partial charge in [0.15, 0.2) is 0 Å². The molecular weight excluding hydrogens is 206 g/mol. The molecule has 0 aromatic rings. The van der Waals surface area contributed by atoms with Crippen LogP contribution in [0.4, 0.5) is 0 Å². The van der Waals surface area contributed by atoms with Gasteiger partial charge in [-0.1, -0.05) is 6.92 Å².